The van der Waals surface area contributed by atoms with Gasteiger partial charge in [-0.05, 0) is 26.7 Å². The van der Waals surface area contributed by atoms with Gasteiger partial charge in [0, 0.05) is 12.6 Å². The highest BCUT2D eigenvalue weighted by atomic mass is 32.1. The zero-order chi connectivity index (χ0) is 12.9. The minimum Gasteiger partial charge on any atom is -0.392 e. The van der Waals surface area contributed by atoms with Gasteiger partial charge in [-0.3, -0.25) is 4.79 Å². The van der Waals surface area contributed by atoms with Gasteiger partial charge in [-0.1, -0.05) is 25.1 Å². The van der Waals surface area contributed by atoms with Crippen molar-refractivity contribution in [2.75, 3.05) is 13.2 Å². The molecule has 0 saturated heterocycles. The molecular formula is C12H22N2O2S. The van der Waals surface area contributed by atoms with Crippen molar-refractivity contribution < 1.29 is 9.53 Å². The van der Waals surface area contributed by atoms with Crippen molar-refractivity contribution >= 4 is 23.1 Å². The van der Waals surface area contributed by atoms with Crippen LogP contribution in [0.4, 0.5) is 0 Å². The van der Waals surface area contributed by atoms with E-state index in [-0.39, 0.29) is 11.9 Å². The van der Waals surface area contributed by atoms with Crippen molar-refractivity contribution in [3.05, 3.63) is 0 Å². The number of hydrogen-bond donors (Lipinski definition) is 2. The van der Waals surface area contributed by atoms with E-state index in [1.807, 2.05) is 13.8 Å². The standard InChI is InChI=1S/C12H22N2O2S/c1-3-16-8-9(2)14-11(15)12(10(13)17)6-4-5-7-12/h9H,3-8H2,1-2H3,(H2,13,17)(H,14,15). The molecule has 3 N–H and O–H groups in total. The quantitative estimate of drug-likeness (QED) is 0.706. The number of carbonyl (C=O) groups is 1. The Bertz CT molecular complexity index is 288. The molecule has 1 aliphatic carbocycles. The topological polar surface area (TPSA) is 64.3 Å². The third kappa shape index (κ3) is 3.39. The van der Waals surface area contributed by atoms with Gasteiger partial charge in [0.15, 0.2) is 0 Å². The smallest absolute Gasteiger partial charge is 0.233 e. The van der Waals surface area contributed by atoms with E-state index >= 15 is 0 Å². The highest BCUT2D eigenvalue weighted by Crippen LogP contribution is 2.38. The molecular weight excluding hydrogens is 236 g/mol. The molecule has 17 heavy (non-hydrogen) atoms. The third-order valence-electron chi connectivity index (χ3n) is 3.31. The normalized spacial score (nSPS) is 19.9. The largest absolute Gasteiger partial charge is 0.392 e. The highest BCUT2D eigenvalue weighted by Gasteiger charge is 2.44. The Morgan fingerprint density at radius 2 is 2.12 bits per heavy atom. The van der Waals surface area contributed by atoms with Crippen molar-refractivity contribution in [2.24, 2.45) is 11.1 Å². The van der Waals surface area contributed by atoms with Gasteiger partial charge >= 0.3 is 0 Å². The summed E-state index contributed by atoms with van der Waals surface area (Å²) < 4.78 is 5.27. The molecule has 1 aliphatic rings. The summed E-state index contributed by atoms with van der Waals surface area (Å²) >= 11 is 5.07. The molecule has 1 unspecified atom stereocenters. The molecule has 0 aromatic heterocycles. The van der Waals surface area contributed by atoms with E-state index in [2.05, 4.69) is 5.32 Å². The van der Waals surface area contributed by atoms with Crippen LogP contribution in [0.15, 0.2) is 0 Å². The Labute approximate surface area is 108 Å². The summed E-state index contributed by atoms with van der Waals surface area (Å²) in [4.78, 5) is 12.6. The molecule has 5 heteroatoms. The lowest BCUT2D eigenvalue weighted by Crippen LogP contribution is -2.50. The molecule has 1 saturated carbocycles. The SMILES string of the molecule is CCOCC(C)NC(=O)C1(C(N)=S)CCCC1. The van der Waals surface area contributed by atoms with Crippen molar-refractivity contribution in [2.45, 2.75) is 45.6 Å². The maximum absolute atomic E-state index is 12.2. The number of hydrogen-bond acceptors (Lipinski definition) is 3. The fourth-order valence-corrected chi connectivity index (χ4v) is 2.56. The van der Waals surface area contributed by atoms with Gasteiger partial charge in [0.25, 0.3) is 0 Å². The molecule has 0 radical (unpaired) electrons. The van der Waals surface area contributed by atoms with Crippen LogP contribution in [0.3, 0.4) is 0 Å². The fraction of sp³-hybridized carbons (Fsp3) is 0.833. The zero-order valence-electron chi connectivity index (χ0n) is 10.6. The predicted octanol–water partition coefficient (Wildman–Crippen LogP) is 1.37. The van der Waals surface area contributed by atoms with Crippen LogP contribution in [0.25, 0.3) is 0 Å². The monoisotopic (exact) mass is 258 g/mol. The van der Waals surface area contributed by atoms with Gasteiger partial charge < -0.3 is 15.8 Å². The van der Waals surface area contributed by atoms with Gasteiger partial charge in [-0.2, -0.15) is 0 Å². The zero-order valence-corrected chi connectivity index (χ0v) is 11.4. The van der Waals surface area contributed by atoms with Gasteiger partial charge in [-0.25, -0.2) is 0 Å². The molecule has 0 spiro atoms. The van der Waals surface area contributed by atoms with Crippen molar-refractivity contribution in [1.29, 1.82) is 0 Å². The number of rotatable bonds is 6. The Morgan fingerprint density at radius 3 is 2.59 bits per heavy atom. The second kappa shape index (κ2) is 6.31. The molecule has 0 bridgehead atoms. The Kier molecular flexibility index (Phi) is 5.33. The lowest BCUT2D eigenvalue weighted by atomic mass is 9.85. The molecule has 0 aromatic carbocycles. The van der Waals surface area contributed by atoms with Gasteiger partial charge in [0.05, 0.1) is 17.0 Å². The molecule has 0 aliphatic heterocycles. The van der Waals surface area contributed by atoms with Crippen LogP contribution in [-0.2, 0) is 9.53 Å². The van der Waals surface area contributed by atoms with Crippen LogP contribution >= 0.6 is 12.2 Å². The number of nitrogens with one attached hydrogen (secondary N) is 1. The van der Waals surface area contributed by atoms with Crippen LogP contribution in [0.1, 0.15) is 39.5 Å². The molecule has 0 aromatic rings. The Balaban J connectivity index is 2.58. The molecule has 4 nitrogen and oxygen atoms in total. The second-order valence-corrected chi connectivity index (χ2v) is 5.13. The first kappa shape index (κ1) is 14.4. The number of nitrogens with two attached hydrogens (primary N) is 1. The first-order chi connectivity index (χ1) is 8.03. The molecule has 1 fully saturated rings. The van der Waals surface area contributed by atoms with E-state index in [1.165, 1.54) is 0 Å². The minimum atomic E-state index is -0.615. The summed E-state index contributed by atoms with van der Waals surface area (Å²) in [5, 5.41) is 2.95. The van der Waals surface area contributed by atoms with Gasteiger partial charge in [0.2, 0.25) is 5.91 Å². The predicted molar refractivity (Wildman–Crippen MR) is 71.8 cm³/mol. The van der Waals surface area contributed by atoms with Crippen LogP contribution in [0.2, 0.25) is 0 Å². The first-order valence-corrected chi connectivity index (χ1v) is 6.62. The molecule has 1 amide bonds. The third-order valence-corrected chi connectivity index (χ3v) is 3.70. The summed E-state index contributed by atoms with van der Waals surface area (Å²) in [5.41, 5.74) is 5.13. The van der Waals surface area contributed by atoms with Crippen LogP contribution in [0, 0.1) is 5.41 Å². The summed E-state index contributed by atoms with van der Waals surface area (Å²) in [6, 6.07) is -0.00530. The van der Waals surface area contributed by atoms with Crippen LogP contribution < -0.4 is 11.1 Å². The van der Waals surface area contributed by atoms with Crippen molar-refractivity contribution in [1.82, 2.24) is 5.32 Å². The molecule has 1 atom stereocenters. The van der Waals surface area contributed by atoms with Gasteiger partial charge in [-0.15, -0.1) is 0 Å². The van der Waals surface area contributed by atoms with Crippen LogP contribution in [0.5, 0.6) is 0 Å². The minimum absolute atomic E-state index is 0.00530. The maximum atomic E-state index is 12.2. The summed E-state index contributed by atoms with van der Waals surface area (Å²) in [5.74, 6) is -0.0327. The Hall–Kier alpha value is -0.680. The van der Waals surface area contributed by atoms with Crippen molar-refractivity contribution in [3.8, 4) is 0 Å². The molecule has 98 valence electrons. The molecule has 0 heterocycles. The lowest BCUT2D eigenvalue weighted by Gasteiger charge is -2.28. The number of thiocarbonyl (C=S) groups is 1. The van der Waals surface area contributed by atoms with Crippen molar-refractivity contribution in [3.63, 3.8) is 0 Å². The van der Waals surface area contributed by atoms with Crippen LogP contribution in [-0.4, -0.2) is 30.2 Å². The van der Waals surface area contributed by atoms with E-state index in [4.69, 9.17) is 22.7 Å². The second-order valence-electron chi connectivity index (χ2n) is 4.69. The molecule has 1 rings (SSSR count). The van der Waals surface area contributed by atoms with E-state index in [0.717, 1.165) is 25.7 Å². The fourth-order valence-electron chi connectivity index (χ4n) is 2.26. The van der Waals surface area contributed by atoms with E-state index in [0.29, 0.717) is 18.2 Å². The lowest BCUT2D eigenvalue weighted by molar-refractivity contribution is -0.128. The summed E-state index contributed by atoms with van der Waals surface area (Å²) in [6.45, 7) is 5.04. The average molecular weight is 258 g/mol. The van der Waals surface area contributed by atoms with E-state index in [9.17, 15) is 4.79 Å². The summed E-state index contributed by atoms with van der Waals surface area (Å²) in [7, 11) is 0. The number of carbonyl (C=O) groups excluding carboxylic acids is 1. The number of amides is 1. The summed E-state index contributed by atoms with van der Waals surface area (Å²) in [6.07, 6.45) is 3.58. The first-order valence-electron chi connectivity index (χ1n) is 6.21. The maximum Gasteiger partial charge on any atom is 0.233 e. The highest BCUT2D eigenvalue weighted by molar-refractivity contribution is 7.80. The van der Waals surface area contributed by atoms with E-state index in [1.54, 1.807) is 0 Å². The average Bonchev–Trinajstić information content (AvgIpc) is 2.76. The van der Waals surface area contributed by atoms with Gasteiger partial charge in [0.1, 0.15) is 0 Å². The van der Waals surface area contributed by atoms with E-state index < -0.39 is 5.41 Å². The number of ether oxygens (including phenoxy) is 1. The Morgan fingerprint density at radius 1 is 1.53 bits per heavy atom.